The molecule has 1 aromatic carbocycles. The number of pyridine rings is 1. The highest BCUT2D eigenvalue weighted by Crippen LogP contribution is 2.34. The Morgan fingerprint density at radius 1 is 1.25 bits per heavy atom. The summed E-state index contributed by atoms with van der Waals surface area (Å²) in [6.07, 6.45) is 4.79. The minimum atomic E-state index is 0.189. The molecule has 20 heavy (non-hydrogen) atoms. The van der Waals surface area contributed by atoms with E-state index in [1.807, 2.05) is 30.6 Å². The van der Waals surface area contributed by atoms with Gasteiger partial charge < -0.3 is 15.4 Å². The van der Waals surface area contributed by atoms with E-state index in [4.69, 9.17) is 4.74 Å². The zero-order valence-electron chi connectivity index (χ0n) is 11.6. The van der Waals surface area contributed by atoms with Gasteiger partial charge in [0.15, 0.2) is 0 Å². The van der Waals surface area contributed by atoms with Crippen molar-refractivity contribution in [2.45, 2.75) is 19.4 Å². The van der Waals surface area contributed by atoms with E-state index in [1.165, 1.54) is 5.56 Å². The molecule has 4 heteroatoms. The van der Waals surface area contributed by atoms with Gasteiger partial charge in [-0.2, -0.15) is 0 Å². The maximum atomic E-state index is 5.68. The lowest BCUT2D eigenvalue weighted by atomic mass is 10.1. The third kappa shape index (κ3) is 2.69. The van der Waals surface area contributed by atoms with Crippen LogP contribution >= 0.6 is 0 Å². The molecule has 0 aliphatic carbocycles. The number of anilines is 2. The van der Waals surface area contributed by atoms with Gasteiger partial charge in [0.25, 0.3) is 0 Å². The molecule has 0 bridgehead atoms. The average Bonchev–Trinajstić information content (AvgIpc) is 2.89. The Hall–Kier alpha value is -2.23. The number of hydrogen-bond donors (Lipinski definition) is 2. The van der Waals surface area contributed by atoms with E-state index in [0.29, 0.717) is 6.61 Å². The van der Waals surface area contributed by atoms with E-state index >= 15 is 0 Å². The maximum Gasteiger partial charge on any atom is 0.124 e. The van der Waals surface area contributed by atoms with Gasteiger partial charge in [-0.15, -0.1) is 0 Å². The predicted molar refractivity (Wildman–Crippen MR) is 81.3 cm³/mol. The summed E-state index contributed by atoms with van der Waals surface area (Å²) in [5, 5.41) is 6.83. The second kappa shape index (κ2) is 5.82. The van der Waals surface area contributed by atoms with Gasteiger partial charge in [-0.05, 0) is 18.6 Å². The SMILES string of the molecule is CCCNc1cncc(NC2COc3ccccc32)c1. The van der Waals surface area contributed by atoms with E-state index in [0.717, 1.165) is 30.1 Å². The van der Waals surface area contributed by atoms with E-state index in [9.17, 15) is 0 Å². The van der Waals surface area contributed by atoms with Gasteiger partial charge in [0, 0.05) is 12.1 Å². The first-order valence-corrected chi connectivity index (χ1v) is 7.04. The van der Waals surface area contributed by atoms with Gasteiger partial charge in [0.05, 0.1) is 29.8 Å². The molecule has 1 aliphatic rings. The third-order valence-corrected chi connectivity index (χ3v) is 3.36. The molecule has 3 rings (SSSR count). The highest BCUT2D eigenvalue weighted by Gasteiger charge is 2.23. The van der Waals surface area contributed by atoms with Crippen LogP contribution in [-0.4, -0.2) is 18.1 Å². The number of fused-ring (bicyclic) bond motifs is 1. The van der Waals surface area contributed by atoms with Crippen LogP contribution < -0.4 is 15.4 Å². The van der Waals surface area contributed by atoms with E-state index in [1.54, 1.807) is 0 Å². The fraction of sp³-hybridized carbons (Fsp3) is 0.312. The summed E-state index contributed by atoms with van der Waals surface area (Å²) in [4.78, 5) is 4.27. The quantitative estimate of drug-likeness (QED) is 0.872. The maximum absolute atomic E-state index is 5.68. The molecule has 2 aromatic rings. The van der Waals surface area contributed by atoms with Gasteiger partial charge in [-0.1, -0.05) is 25.1 Å². The van der Waals surface area contributed by atoms with Crippen molar-refractivity contribution in [2.75, 3.05) is 23.8 Å². The molecule has 1 aromatic heterocycles. The summed E-state index contributed by atoms with van der Waals surface area (Å²) in [6, 6.07) is 10.4. The second-order valence-electron chi connectivity index (χ2n) is 4.93. The van der Waals surface area contributed by atoms with Gasteiger partial charge in [-0.3, -0.25) is 4.98 Å². The van der Waals surface area contributed by atoms with Gasteiger partial charge >= 0.3 is 0 Å². The second-order valence-corrected chi connectivity index (χ2v) is 4.93. The summed E-state index contributed by atoms with van der Waals surface area (Å²) in [5.41, 5.74) is 3.26. The summed E-state index contributed by atoms with van der Waals surface area (Å²) in [6.45, 7) is 3.77. The fourth-order valence-corrected chi connectivity index (χ4v) is 2.37. The van der Waals surface area contributed by atoms with Crippen molar-refractivity contribution in [2.24, 2.45) is 0 Å². The molecule has 0 saturated heterocycles. The van der Waals surface area contributed by atoms with E-state index in [2.05, 4.69) is 34.7 Å². The first kappa shape index (κ1) is 12.8. The number of aromatic nitrogens is 1. The van der Waals surface area contributed by atoms with Crippen molar-refractivity contribution >= 4 is 11.4 Å². The highest BCUT2D eigenvalue weighted by atomic mass is 16.5. The van der Waals surface area contributed by atoms with Gasteiger partial charge in [0.2, 0.25) is 0 Å². The minimum absolute atomic E-state index is 0.189. The molecule has 2 heterocycles. The molecule has 0 amide bonds. The molecule has 1 unspecified atom stereocenters. The monoisotopic (exact) mass is 269 g/mol. The van der Waals surface area contributed by atoms with Crippen LogP contribution in [0.25, 0.3) is 0 Å². The summed E-state index contributed by atoms with van der Waals surface area (Å²) in [5.74, 6) is 0.971. The Balaban J connectivity index is 1.72. The number of ether oxygens (including phenoxy) is 1. The number of nitrogens with zero attached hydrogens (tertiary/aromatic N) is 1. The third-order valence-electron chi connectivity index (χ3n) is 3.36. The molecule has 0 radical (unpaired) electrons. The topological polar surface area (TPSA) is 46.2 Å². The zero-order chi connectivity index (χ0) is 13.8. The van der Waals surface area contributed by atoms with Crippen LogP contribution in [0.4, 0.5) is 11.4 Å². The van der Waals surface area contributed by atoms with Gasteiger partial charge in [0.1, 0.15) is 12.4 Å². The van der Waals surface area contributed by atoms with Crippen LogP contribution in [-0.2, 0) is 0 Å². The number of benzene rings is 1. The number of hydrogen-bond acceptors (Lipinski definition) is 4. The van der Waals surface area contributed by atoms with Gasteiger partial charge in [-0.25, -0.2) is 0 Å². The zero-order valence-corrected chi connectivity index (χ0v) is 11.6. The van der Waals surface area contributed by atoms with Crippen LogP contribution in [0.3, 0.4) is 0 Å². The molecule has 1 aliphatic heterocycles. The normalized spacial score (nSPS) is 16.4. The molecule has 0 fully saturated rings. The average molecular weight is 269 g/mol. The Morgan fingerprint density at radius 2 is 2.10 bits per heavy atom. The Kier molecular flexibility index (Phi) is 3.72. The van der Waals surface area contributed by atoms with Crippen LogP contribution in [0.5, 0.6) is 5.75 Å². The molecule has 4 nitrogen and oxygen atoms in total. The highest BCUT2D eigenvalue weighted by molar-refractivity contribution is 5.56. The number of rotatable bonds is 5. The van der Waals surface area contributed by atoms with Crippen LogP contribution in [0, 0.1) is 0 Å². The van der Waals surface area contributed by atoms with Crippen LogP contribution in [0.1, 0.15) is 24.9 Å². The first-order chi connectivity index (χ1) is 9.86. The van der Waals surface area contributed by atoms with Crippen molar-refractivity contribution in [3.8, 4) is 5.75 Å². The molecule has 1 atom stereocenters. The lowest BCUT2D eigenvalue weighted by Gasteiger charge is -2.14. The molecule has 2 N–H and O–H groups in total. The minimum Gasteiger partial charge on any atom is -0.491 e. The fourth-order valence-electron chi connectivity index (χ4n) is 2.37. The van der Waals surface area contributed by atoms with Crippen molar-refractivity contribution in [1.82, 2.24) is 4.98 Å². The summed E-state index contributed by atoms with van der Waals surface area (Å²) in [7, 11) is 0. The van der Waals surface area contributed by atoms with Crippen molar-refractivity contribution in [3.05, 3.63) is 48.3 Å². The van der Waals surface area contributed by atoms with E-state index < -0.39 is 0 Å². The molecular formula is C16H19N3O. The first-order valence-electron chi connectivity index (χ1n) is 7.04. The van der Waals surface area contributed by atoms with Crippen LogP contribution in [0.2, 0.25) is 0 Å². The van der Waals surface area contributed by atoms with Crippen molar-refractivity contribution < 1.29 is 4.74 Å². The standard InChI is InChI=1S/C16H19N3O/c1-2-7-18-12-8-13(10-17-9-12)19-15-11-20-16-6-4-3-5-14(15)16/h3-6,8-10,15,18-19H,2,7,11H2,1H3. The Morgan fingerprint density at radius 3 is 3.00 bits per heavy atom. The van der Waals surface area contributed by atoms with E-state index in [-0.39, 0.29) is 6.04 Å². The Bertz CT molecular complexity index is 585. The summed E-state index contributed by atoms with van der Waals surface area (Å²) >= 11 is 0. The van der Waals surface area contributed by atoms with Crippen molar-refractivity contribution in [3.63, 3.8) is 0 Å². The largest absolute Gasteiger partial charge is 0.491 e. The molecule has 0 spiro atoms. The summed E-state index contributed by atoms with van der Waals surface area (Å²) < 4.78 is 5.68. The smallest absolute Gasteiger partial charge is 0.124 e. The molecule has 0 saturated carbocycles. The lowest BCUT2D eigenvalue weighted by molar-refractivity contribution is 0.340. The predicted octanol–water partition coefficient (Wildman–Crippen LogP) is 3.45. The lowest BCUT2D eigenvalue weighted by Crippen LogP contribution is -2.12. The Labute approximate surface area is 119 Å². The molecular weight excluding hydrogens is 250 g/mol. The van der Waals surface area contributed by atoms with Crippen molar-refractivity contribution in [1.29, 1.82) is 0 Å². The van der Waals surface area contributed by atoms with Crippen LogP contribution in [0.15, 0.2) is 42.7 Å². The number of para-hydroxylation sites is 1. The molecule has 104 valence electrons. The number of nitrogens with one attached hydrogen (secondary N) is 2.